The summed E-state index contributed by atoms with van der Waals surface area (Å²) in [6.45, 7) is 1.94. The van der Waals surface area contributed by atoms with Gasteiger partial charge in [0.25, 0.3) is 5.78 Å². The lowest BCUT2D eigenvalue weighted by Gasteiger charge is -2.10. The van der Waals surface area contributed by atoms with Gasteiger partial charge in [-0.3, -0.25) is 0 Å². The number of benzene rings is 2. The molecule has 8 nitrogen and oxygen atoms in total. The Labute approximate surface area is 194 Å². The van der Waals surface area contributed by atoms with Crippen molar-refractivity contribution >= 4 is 17.4 Å². The monoisotopic (exact) mass is 455 g/mol. The largest absolute Gasteiger partial charge is 0.495 e. The summed E-state index contributed by atoms with van der Waals surface area (Å²) in [5.74, 6) is 1.73. The minimum atomic E-state index is 0.405. The predicted molar refractivity (Wildman–Crippen MR) is 124 cm³/mol. The fourth-order valence-electron chi connectivity index (χ4n) is 3.70. The smallest absolute Gasteiger partial charge is 0.253 e. The molecular formula is C24H18ClN7O. The fraction of sp³-hybridized carbons (Fsp3) is 0.125. The van der Waals surface area contributed by atoms with Crippen molar-refractivity contribution in [3.8, 4) is 28.8 Å². The third-order valence-electron chi connectivity index (χ3n) is 5.24. The first-order valence-corrected chi connectivity index (χ1v) is 10.5. The molecule has 9 heteroatoms. The van der Waals surface area contributed by atoms with E-state index in [2.05, 4.69) is 26.1 Å². The standard InChI is InChI=1S/C24H18ClN7O/c1-15-13-31(14-28-15)20-8-3-16(9-21(20)33-2)10-22-29-24-27-12-18(11-26)23(32(24)30-22)17-4-6-19(25)7-5-17/h3-9,12-14H,10H2,1-2H3. The normalized spacial score (nSPS) is 11.0. The van der Waals surface area contributed by atoms with Gasteiger partial charge in [0.2, 0.25) is 0 Å². The third kappa shape index (κ3) is 3.90. The van der Waals surface area contributed by atoms with Gasteiger partial charge in [-0.2, -0.15) is 14.8 Å². The molecule has 0 unspecified atom stereocenters. The molecule has 33 heavy (non-hydrogen) atoms. The second-order valence-corrected chi connectivity index (χ2v) is 7.92. The number of ether oxygens (including phenoxy) is 1. The molecule has 0 radical (unpaired) electrons. The van der Waals surface area contributed by atoms with Crippen LogP contribution < -0.4 is 4.74 Å². The Morgan fingerprint density at radius 2 is 1.94 bits per heavy atom. The van der Waals surface area contributed by atoms with Crippen molar-refractivity contribution in [2.75, 3.05) is 7.11 Å². The van der Waals surface area contributed by atoms with E-state index in [1.165, 1.54) is 6.20 Å². The molecule has 162 valence electrons. The highest BCUT2D eigenvalue weighted by molar-refractivity contribution is 6.30. The first-order chi connectivity index (χ1) is 16.1. The van der Waals surface area contributed by atoms with Crippen molar-refractivity contribution in [3.63, 3.8) is 0 Å². The van der Waals surface area contributed by atoms with Crippen molar-refractivity contribution in [3.05, 3.63) is 88.9 Å². The van der Waals surface area contributed by atoms with Gasteiger partial charge in [-0.25, -0.2) is 9.97 Å². The van der Waals surface area contributed by atoms with Crippen LogP contribution in [-0.2, 0) is 6.42 Å². The molecule has 0 bridgehead atoms. The number of halogens is 1. The van der Waals surface area contributed by atoms with E-state index >= 15 is 0 Å². The minimum absolute atomic E-state index is 0.405. The molecule has 0 saturated heterocycles. The molecule has 0 N–H and O–H groups in total. The van der Waals surface area contributed by atoms with Gasteiger partial charge in [0.05, 0.1) is 42.3 Å². The van der Waals surface area contributed by atoms with Crippen LogP contribution in [-0.4, -0.2) is 36.2 Å². The fourth-order valence-corrected chi connectivity index (χ4v) is 3.83. The van der Waals surface area contributed by atoms with Gasteiger partial charge in [0.1, 0.15) is 11.8 Å². The van der Waals surface area contributed by atoms with Crippen molar-refractivity contribution in [1.82, 2.24) is 29.1 Å². The number of fused-ring (bicyclic) bond motifs is 1. The van der Waals surface area contributed by atoms with Crippen LogP contribution in [0.4, 0.5) is 0 Å². The van der Waals surface area contributed by atoms with E-state index in [1.807, 2.05) is 48.0 Å². The lowest BCUT2D eigenvalue weighted by Crippen LogP contribution is -2.01. The highest BCUT2D eigenvalue weighted by Gasteiger charge is 2.16. The van der Waals surface area contributed by atoms with Crippen molar-refractivity contribution in [2.24, 2.45) is 0 Å². The number of aromatic nitrogens is 6. The molecule has 0 amide bonds. The van der Waals surface area contributed by atoms with Crippen LogP contribution in [0.3, 0.4) is 0 Å². The first kappa shape index (κ1) is 20.7. The molecule has 0 aliphatic rings. The van der Waals surface area contributed by atoms with Crippen LogP contribution in [0, 0.1) is 18.3 Å². The number of nitrogens with zero attached hydrogens (tertiary/aromatic N) is 7. The highest BCUT2D eigenvalue weighted by Crippen LogP contribution is 2.27. The first-order valence-electron chi connectivity index (χ1n) is 10.1. The lowest BCUT2D eigenvalue weighted by atomic mass is 10.1. The van der Waals surface area contributed by atoms with E-state index in [0.717, 1.165) is 28.3 Å². The van der Waals surface area contributed by atoms with Crippen LogP contribution >= 0.6 is 11.6 Å². The van der Waals surface area contributed by atoms with Crippen molar-refractivity contribution < 1.29 is 4.74 Å². The third-order valence-corrected chi connectivity index (χ3v) is 5.50. The maximum atomic E-state index is 9.62. The Bertz CT molecular complexity index is 1510. The Morgan fingerprint density at radius 1 is 1.12 bits per heavy atom. The Morgan fingerprint density at radius 3 is 2.64 bits per heavy atom. The predicted octanol–water partition coefficient (Wildman–Crippen LogP) is 4.41. The number of imidazole rings is 1. The second-order valence-electron chi connectivity index (χ2n) is 7.48. The molecule has 0 atom stereocenters. The number of hydrogen-bond acceptors (Lipinski definition) is 6. The molecule has 0 fully saturated rings. The van der Waals surface area contributed by atoms with Gasteiger partial charge < -0.3 is 9.30 Å². The minimum Gasteiger partial charge on any atom is -0.495 e. The molecule has 2 aromatic carbocycles. The van der Waals surface area contributed by atoms with Crippen LogP contribution in [0.1, 0.15) is 22.6 Å². The van der Waals surface area contributed by atoms with E-state index in [1.54, 1.807) is 30.1 Å². The topological polar surface area (TPSA) is 93.9 Å². The zero-order chi connectivity index (χ0) is 22.9. The quantitative estimate of drug-likeness (QED) is 0.389. The average Bonchev–Trinajstić information content (AvgIpc) is 3.44. The Kier molecular flexibility index (Phi) is 5.24. The number of nitriles is 1. The summed E-state index contributed by atoms with van der Waals surface area (Å²) in [7, 11) is 1.64. The maximum absolute atomic E-state index is 9.62. The van der Waals surface area contributed by atoms with E-state index < -0.39 is 0 Å². The maximum Gasteiger partial charge on any atom is 0.253 e. The number of rotatable bonds is 5. The summed E-state index contributed by atoms with van der Waals surface area (Å²) < 4.78 is 9.14. The Balaban J connectivity index is 1.53. The number of methoxy groups -OCH3 is 1. The van der Waals surface area contributed by atoms with Crippen LogP contribution in [0.5, 0.6) is 5.75 Å². The summed E-state index contributed by atoms with van der Waals surface area (Å²) >= 11 is 6.03. The number of hydrogen-bond donors (Lipinski definition) is 0. The van der Waals surface area contributed by atoms with Gasteiger partial charge in [0, 0.05) is 23.2 Å². The zero-order valence-corrected chi connectivity index (χ0v) is 18.7. The Hall–Kier alpha value is -4.22. The molecular weight excluding hydrogens is 438 g/mol. The summed E-state index contributed by atoms with van der Waals surface area (Å²) in [5, 5.41) is 14.9. The SMILES string of the molecule is COc1cc(Cc2nc3ncc(C#N)c(-c4ccc(Cl)cc4)n3n2)ccc1-n1cnc(C)c1. The van der Waals surface area contributed by atoms with Crippen LogP contribution in [0.15, 0.2) is 61.2 Å². The lowest BCUT2D eigenvalue weighted by molar-refractivity contribution is 0.412. The summed E-state index contributed by atoms with van der Waals surface area (Å²) in [6, 6.07) is 15.4. The van der Waals surface area contributed by atoms with Gasteiger partial charge in [-0.1, -0.05) is 29.8 Å². The molecule has 3 aromatic heterocycles. The van der Waals surface area contributed by atoms with Crippen LogP contribution in [0.2, 0.25) is 5.02 Å². The van der Waals surface area contributed by atoms with E-state index in [4.69, 9.17) is 16.3 Å². The summed E-state index contributed by atoms with van der Waals surface area (Å²) in [4.78, 5) is 13.2. The molecule has 0 saturated carbocycles. The van der Waals surface area contributed by atoms with Crippen LogP contribution in [0.25, 0.3) is 22.7 Å². The van der Waals surface area contributed by atoms with Crippen molar-refractivity contribution in [2.45, 2.75) is 13.3 Å². The van der Waals surface area contributed by atoms with Gasteiger partial charge in [-0.15, -0.1) is 5.10 Å². The zero-order valence-electron chi connectivity index (χ0n) is 17.9. The molecule has 3 heterocycles. The molecule has 0 spiro atoms. The molecule has 0 aliphatic carbocycles. The van der Waals surface area contributed by atoms with Gasteiger partial charge in [0.15, 0.2) is 5.82 Å². The highest BCUT2D eigenvalue weighted by atomic mass is 35.5. The second kappa shape index (κ2) is 8.37. The van der Waals surface area contributed by atoms with E-state index in [-0.39, 0.29) is 0 Å². The van der Waals surface area contributed by atoms with Gasteiger partial charge >= 0.3 is 0 Å². The summed E-state index contributed by atoms with van der Waals surface area (Å²) in [5.41, 5.74) is 4.65. The molecule has 5 aromatic rings. The molecule has 0 aliphatic heterocycles. The van der Waals surface area contributed by atoms with Gasteiger partial charge in [-0.05, 0) is 36.8 Å². The van der Waals surface area contributed by atoms with E-state index in [0.29, 0.717) is 34.3 Å². The molecule has 5 rings (SSSR count). The summed E-state index contributed by atoms with van der Waals surface area (Å²) in [6.07, 6.45) is 5.69. The average molecular weight is 456 g/mol. The van der Waals surface area contributed by atoms with Crippen molar-refractivity contribution in [1.29, 1.82) is 5.26 Å². The van der Waals surface area contributed by atoms with E-state index in [9.17, 15) is 5.26 Å². The number of aryl methyl sites for hydroxylation is 1.